The van der Waals surface area contributed by atoms with Gasteiger partial charge in [0, 0.05) is 37.7 Å². The summed E-state index contributed by atoms with van der Waals surface area (Å²) in [5.41, 5.74) is 4.36. The number of fused-ring (bicyclic) bond motifs is 1. The van der Waals surface area contributed by atoms with Crippen LogP contribution >= 0.6 is 0 Å². The minimum Gasteiger partial charge on any atom is -0.379 e. The van der Waals surface area contributed by atoms with Gasteiger partial charge in [0.1, 0.15) is 11.3 Å². The summed E-state index contributed by atoms with van der Waals surface area (Å²) >= 11 is 0. The Morgan fingerprint density at radius 2 is 1.96 bits per heavy atom. The SMILES string of the molecule is Cc1ccn2cc(C(=O)Nc3ccc(CCN4CCOCC4)cc3)nc2c1. The fourth-order valence-corrected chi connectivity index (χ4v) is 3.25. The molecule has 0 unspecified atom stereocenters. The third-order valence-corrected chi connectivity index (χ3v) is 4.88. The van der Waals surface area contributed by atoms with Crippen LogP contribution in [0.25, 0.3) is 5.65 Å². The fourth-order valence-electron chi connectivity index (χ4n) is 3.25. The Kier molecular flexibility index (Phi) is 5.18. The number of imidazole rings is 1. The number of amides is 1. The molecule has 0 aliphatic carbocycles. The number of pyridine rings is 1. The van der Waals surface area contributed by atoms with E-state index in [0.29, 0.717) is 5.69 Å². The van der Waals surface area contributed by atoms with Crippen molar-refractivity contribution in [3.63, 3.8) is 0 Å². The number of hydrogen-bond acceptors (Lipinski definition) is 4. The van der Waals surface area contributed by atoms with Crippen molar-refractivity contribution in [1.29, 1.82) is 0 Å². The van der Waals surface area contributed by atoms with Gasteiger partial charge in [0.15, 0.2) is 0 Å². The number of nitrogens with zero attached hydrogens (tertiary/aromatic N) is 3. The van der Waals surface area contributed by atoms with Gasteiger partial charge in [0.25, 0.3) is 5.91 Å². The summed E-state index contributed by atoms with van der Waals surface area (Å²) in [6.45, 7) is 6.71. The number of carbonyl (C=O) groups excluding carboxylic acids is 1. The van der Waals surface area contributed by atoms with Gasteiger partial charge < -0.3 is 14.5 Å². The molecule has 1 amide bonds. The first-order valence-corrected chi connectivity index (χ1v) is 9.33. The molecule has 0 radical (unpaired) electrons. The highest BCUT2D eigenvalue weighted by Gasteiger charge is 2.12. The smallest absolute Gasteiger partial charge is 0.275 e. The molecule has 1 aromatic carbocycles. The predicted molar refractivity (Wildman–Crippen MR) is 105 cm³/mol. The van der Waals surface area contributed by atoms with Crippen LogP contribution in [0.3, 0.4) is 0 Å². The Balaban J connectivity index is 1.36. The van der Waals surface area contributed by atoms with Gasteiger partial charge in [-0.05, 0) is 48.7 Å². The number of ether oxygens (including phenoxy) is 1. The summed E-state index contributed by atoms with van der Waals surface area (Å²) in [6, 6.07) is 12.0. The molecule has 4 rings (SSSR count). The summed E-state index contributed by atoms with van der Waals surface area (Å²) < 4.78 is 7.24. The van der Waals surface area contributed by atoms with Gasteiger partial charge >= 0.3 is 0 Å². The van der Waals surface area contributed by atoms with Crippen LogP contribution in [0.4, 0.5) is 5.69 Å². The van der Waals surface area contributed by atoms with Crippen LogP contribution < -0.4 is 5.32 Å². The molecule has 1 N–H and O–H groups in total. The maximum atomic E-state index is 12.5. The Bertz CT molecular complexity index is 927. The molecule has 27 heavy (non-hydrogen) atoms. The number of anilines is 1. The van der Waals surface area contributed by atoms with Gasteiger partial charge in [-0.25, -0.2) is 4.98 Å². The highest BCUT2D eigenvalue weighted by Crippen LogP contribution is 2.13. The number of aromatic nitrogens is 2. The van der Waals surface area contributed by atoms with Crippen LogP contribution in [-0.4, -0.2) is 53.0 Å². The first kappa shape index (κ1) is 17.7. The molecule has 6 nitrogen and oxygen atoms in total. The molecule has 1 aliphatic rings. The highest BCUT2D eigenvalue weighted by molar-refractivity contribution is 6.03. The van der Waals surface area contributed by atoms with E-state index < -0.39 is 0 Å². The summed E-state index contributed by atoms with van der Waals surface area (Å²) in [5, 5.41) is 2.92. The fraction of sp³-hybridized carbons (Fsp3) is 0.333. The van der Waals surface area contributed by atoms with Crippen molar-refractivity contribution in [2.75, 3.05) is 38.2 Å². The van der Waals surface area contributed by atoms with Gasteiger partial charge in [0.2, 0.25) is 0 Å². The molecule has 1 saturated heterocycles. The zero-order valence-electron chi connectivity index (χ0n) is 15.5. The lowest BCUT2D eigenvalue weighted by atomic mass is 10.1. The Morgan fingerprint density at radius 1 is 1.19 bits per heavy atom. The number of morpholine rings is 1. The normalized spacial score (nSPS) is 15.1. The lowest BCUT2D eigenvalue weighted by molar-refractivity contribution is 0.0384. The van der Waals surface area contributed by atoms with E-state index in [1.165, 1.54) is 5.56 Å². The monoisotopic (exact) mass is 364 g/mol. The van der Waals surface area contributed by atoms with Crippen LogP contribution in [0, 0.1) is 6.92 Å². The number of aryl methyl sites for hydroxylation is 1. The molecule has 3 aromatic rings. The second kappa shape index (κ2) is 7.90. The van der Waals surface area contributed by atoms with Crippen molar-refractivity contribution in [3.8, 4) is 0 Å². The van der Waals surface area contributed by atoms with Crippen molar-refractivity contribution in [3.05, 3.63) is 65.6 Å². The number of nitrogens with one attached hydrogen (secondary N) is 1. The standard InChI is InChI=1S/C21H24N4O2/c1-16-6-9-25-15-19(23-20(25)14-16)21(26)22-18-4-2-17(3-5-18)7-8-24-10-12-27-13-11-24/h2-6,9,14-15H,7-8,10-13H2,1H3,(H,22,26). The number of benzene rings is 1. The molecule has 140 valence electrons. The molecule has 0 bridgehead atoms. The van der Waals surface area contributed by atoms with Crippen LogP contribution in [0.5, 0.6) is 0 Å². The Morgan fingerprint density at radius 3 is 2.74 bits per heavy atom. The molecule has 2 aromatic heterocycles. The van der Waals surface area contributed by atoms with Gasteiger partial charge in [-0.2, -0.15) is 0 Å². The van der Waals surface area contributed by atoms with Crippen LogP contribution in [-0.2, 0) is 11.2 Å². The van der Waals surface area contributed by atoms with E-state index in [0.717, 1.165) is 56.2 Å². The minimum absolute atomic E-state index is 0.197. The van der Waals surface area contributed by atoms with Gasteiger partial charge in [-0.3, -0.25) is 9.69 Å². The largest absolute Gasteiger partial charge is 0.379 e. The molecule has 0 saturated carbocycles. The van der Waals surface area contributed by atoms with E-state index in [4.69, 9.17) is 4.74 Å². The molecule has 1 aliphatic heterocycles. The summed E-state index contributed by atoms with van der Waals surface area (Å²) in [6.07, 6.45) is 4.67. The van der Waals surface area contributed by atoms with Crippen molar-refractivity contribution >= 4 is 17.2 Å². The van der Waals surface area contributed by atoms with E-state index in [2.05, 4.69) is 27.3 Å². The van der Waals surface area contributed by atoms with E-state index in [1.807, 2.05) is 41.8 Å². The number of rotatable bonds is 5. The maximum Gasteiger partial charge on any atom is 0.275 e. The number of carbonyl (C=O) groups is 1. The third kappa shape index (κ3) is 4.35. The first-order valence-electron chi connectivity index (χ1n) is 9.33. The topological polar surface area (TPSA) is 58.9 Å². The van der Waals surface area contributed by atoms with Crippen molar-refractivity contribution < 1.29 is 9.53 Å². The van der Waals surface area contributed by atoms with Gasteiger partial charge in [0.05, 0.1) is 13.2 Å². The summed E-state index contributed by atoms with van der Waals surface area (Å²) in [7, 11) is 0. The average Bonchev–Trinajstić information content (AvgIpc) is 3.11. The van der Waals surface area contributed by atoms with Crippen LogP contribution in [0.15, 0.2) is 48.8 Å². The van der Waals surface area contributed by atoms with Crippen LogP contribution in [0.2, 0.25) is 0 Å². The Labute approximate surface area is 158 Å². The van der Waals surface area contributed by atoms with Crippen molar-refractivity contribution in [2.24, 2.45) is 0 Å². The van der Waals surface area contributed by atoms with Crippen molar-refractivity contribution in [2.45, 2.75) is 13.3 Å². The number of hydrogen-bond donors (Lipinski definition) is 1. The minimum atomic E-state index is -0.197. The zero-order valence-corrected chi connectivity index (χ0v) is 15.5. The molecular weight excluding hydrogens is 340 g/mol. The summed E-state index contributed by atoms with van der Waals surface area (Å²) in [5.74, 6) is -0.197. The average molecular weight is 364 g/mol. The third-order valence-electron chi connectivity index (χ3n) is 4.88. The molecular formula is C21H24N4O2. The van der Waals surface area contributed by atoms with Crippen LogP contribution in [0.1, 0.15) is 21.6 Å². The van der Waals surface area contributed by atoms with Gasteiger partial charge in [-0.1, -0.05) is 12.1 Å². The van der Waals surface area contributed by atoms with E-state index in [1.54, 1.807) is 6.20 Å². The quantitative estimate of drug-likeness (QED) is 0.756. The Hall–Kier alpha value is -2.70. The molecule has 1 fully saturated rings. The van der Waals surface area contributed by atoms with Gasteiger partial charge in [-0.15, -0.1) is 0 Å². The second-order valence-electron chi connectivity index (χ2n) is 6.95. The summed E-state index contributed by atoms with van der Waals surface area (Å²) in [4.78, 5) is 19.3. The lowest BCUT2D eigenvalue weighted by Crippen LogP contribution is -2.37. The van der Waals surface area contributed by atoms with E-state index in [9.17, 15) is 4.79 Å². The zero-order chi connectivity index (χ0) is 18.6. The molecule has 0 atom stereocenters. The van der Waals surface area contributed by atoms with Crippen molar-refractivity contribution in [1.82, 2.24) is 14.3 Å². The lowest BCUT2D eigenvalue weighted by Gasteiger charge is -2.26. The maximum absolute atomic E-state index is 12.5. The molecule has 6 heteroatoms. The molecule has 3 heterocycles. The van der Waals surface area contributed by atoms with E-state index in [-0.39, 0.29) is 5.91 Å². The van der Waals surface area contributed by atoms with E-state index >= 15 is 0 Å². The predicted octanol–water partition coefficient (Wildman–Crippen LogP) is 2.77. The molecule has 0 spiro atoms. The second-order valence-corrected chi connectivity index (χ2v) is 6.95. The highest BCUT2D eigenvalue weighted by atomic mass is 16.5. The first-order chi connectivity index (χ1) is 13.2.